The van der Waals surface area contributed by atoms with Crippen molar-refractivity contribution >= 4 is 23.0 Å². The number of hydrogen-bond donors (Lipinski definition) is 1. The van der Waals surface area contributed by atoms with Crippen LogP contribution >= 0.6 is 11.3 Å². The van der Waals surface area contributed by atoms with Crippen LogP contribution in [-0.4, -0.2) is 11.8 Å². The molecule has 1 aliphatic heterocycles. The summed E-state index contributed by atoms with van der Waals surface area (Å²) in [6.07, 6.45) is 1.67. The number of H-pyrrole nitrogens is 1. The number of benzene rings is 1. The summed E-state index contributed by atoms with van der Waals surface area (Å²) < 4.78 is 11.2. The quantitative estimate of drug-likeness (QED) is 0.810. The Kier molecular flexibility index (Phi) is 3.19. The van der Waals surface area contributed by atoms with Gasteiger partial charge < -0.3 is 14.5 Å². The average Bonchev–Trinajstić information content (AvgIpc) is 3.07. The van der Waals surface area contributed by atoms with Crippen molar-refractivity contribution in [3.63, 3.8) is 0 Å². The number of nitrogens with zero attached hydrogens (tertiary/aromatic N) is 2. The summed E-state index contributed by atoms with van der Waals surface area (Å²) in [5.41, 5.74) is 0.326. The third kappa shape index (κ3) is 2.38. The van der Waals surface area contributed by atoms with E-state index in [4.69, 9.17) is 20.0 Å². The fraction of sp³-hybridized carbons (Fsp3) is 0.0714. The predicted molar refractivity (Wildman–Crippen MR) is 75.0 cm³/mol. The third-order valence-electron chi connectivity index (χ3n) is 2.81. The summed E-state index contributed by atoms with van der Waals surface area (Å²) in [5, 5.41) is 17.6. The summed E-state index contributed by atoms with van der Waals surface area (Å²) in [6.45, 7) is 0.186. The van der Waals surface area contributed by atoms with Gasteiger partial charge in [-0.25, -0.2) is 0 Å². The molecule has 0 fully saturated rings. The molecular formula is C14H7N3O3S. The summed E-state index contributed by atoms with van der Waals surface area (Å²) in [6, 6.07) is 8.83. The maximum atomic E-state index is 11.8. The lowest BCUT2D eigenvalue weighted by molar-refractivity contribution is 0.174. The predicted octanol–water partition coefficient (Wildman–Crippen LogP) is 0.192. The van der Waals surface area contributed by atoms with Gasteiger partial charge in [-0.05, 0) is 23.8 Å². The summed E-state index contributed by atoms with van der Waals surface area (Å²) >= 11 is 1.07. The van der Waals surface area contributed by atoms with Crippen LogP contribution in [-0.2, 0) is 0 Å². The molecule has 2 heterocycles. The number of nitrogens with one attached hydrogen (secondary N) is 1. The van der Waals surface area contributed by atoms with Crippen LogP contribution in [0.1, 0.15) is 5.56 Å². The minimum atomic E-state index is -0.337. The zero-order valence-corrected chi connectivity index (χ0v) is 11.4. The van der Waals surface area contributed by atoms with E-state index in [1.807, 2.05) is 0 Å². The van der Waals surface area contributed by atoms with Crippen LogP contribution in [0.4, 0.5) is 0 Å². The van der Waals surface area contributed by atoms with E-state index in [9.17, 15) is 4.79 Å². The Bertz CT molecular complexity index is 957. The Morgan fingerprint density at radius 1 is 1.29 bits per heavy atom. The number of thiazole rings is 1. The van der Waals surface area contributed by atoms with Gasteiger partial charge in [0.15, 0.2) is 17.1 Å². The van der Waals surface area contributed by atoms with Gasteiger partial charge in [0.05, 0.1) is 4.53 Å². The Labute approximate surface area is 122 Å². The lowest BCUT2D eigenvalue weighted by Gasteiger charge is -1.96. The van der Waals surface area contributed by atoms with E-state index in [-0.39, 0.29) is 22.6 Å². The molecule has 21 heavy (non-hydrogen) atoms. The average molecular weight is 297 g/mol. The molecule has 1 aliphatic rings. The Hall–Kier alpha value is -3.03. The lowest BCUT2D eigenvalue weighted by Crippen LogP contribution is -2.20. The molecule has 1 aromatic heterocycles. The molecule has 3 rings (SSSR count). The Morgan fingerprint density at radius 3 is 2.81 bits per heavy atom. The SMILES string of the molecule is N#CC(C#N)=c1[nH]c(=O)/c(=C/c2ccc3c(c2)OCO3)s1. The lowest BCUT2D eigenvalue weighted by atomic mass is 10.2. The molecule has 0 bridgehead atoms. The van der Waals surface area contributed by atoms with Crippen molar-refractivity contribution in [1.82, 2.24) is 4.98 Å². The number of hydrogen-bond acceptors (Lipinski definition) is 6. The molecular weight excluding hydrogens is 290 g/mol. The van der Waals surface area contributed by atoms with Gasteiger partial charge >= 0.3 is 0 Å². The highest BCUT2D eigenvalue weighted by Gasteiger charge is 2.12. The highest BCUT2D eigenvalue weighted by atomic mass is 32.1. The van der Waals surface area contributed by atoms with Gasteiger partial charge in [-0.15, -0.1) is 11.3 Å². The number of fused-ring (bicyclic) bond motifs is 1. The molecule has 0 amide bonds. The molecule has 0 saturated heterocycles. The van der Waals surface area contributed by atoms with Gasteiger partial charge in [-0.2, -0.15) is 10.5 Å². The molecule has 102 valence electrons. The molecule has 2 aromatic rings. The first kappa shape index (κ1) is 13.0. The number of ether oxygens (including phenoxy) is 2. The molecule has 1 N–H and O–H groups in total. The first-order valence-corrected chi connectivity index (χ1v) is 6.68. The maximum absolute atomic E-state index is 11.8. The maximum Gasteiger partial charge on any atom is 0.266 e. The van der Waals surface area contributed by atoms with E-state index in [2.05, 4.69) is 4.98 Å². The largest absolute Gasteiger partial charge is 0.454 e. The molecule has 0 aliphatic carbocycles. The zero-order valence-electron chi connectivity index (χ0n) is 10.5. The molecule has 6 nitrogen and oxygen atoms in total. The molecule has 0 radical (unpaired) electrons. The molecule has 0 spiro atoms. The van der Waals surface area contributed by atoms with Crippen molar-refractivity contribution < 1.29 is 9.47 Å². The van der Waals surface area contributed by atoms with Crippen LogP contribution < -0.4 is 24.2 Å². The molecule has 1 aromatic carbocycles. The smallest absolute Gasteiger partial charge is 0.266 e. The van der Waals surface area contributed by atoms with Crippen molar-refractivity contribution in [2.24, 2.45) is 0 Å². The van der Waals surface area contributed by atoms with Crippen molar-refractivity contribution in [3.8, 4) is 23.6 Å². The summed E-state index contributed by atoms with van der Waals surface area (Å²) in [5.74, 6) is 1.29. The number of aromatic nitrogens is 1. The van der Waals surface area contributed by atoms with Crippen molar-refractivity contribution in [2.45, 2.75) is 0 Å². The van der Waals surface area contributed by atoms with Gasteiger partial charge in [0.25, 0.3) is 5.56 Å². The molecule has 0 atom stereocenters. The van der Waals surface area contributed by atoms with Crippen LogP contribution in [0.3, 0.4) is 0 Å². The highest BCUT2D eigenvalue weighted by molar-refractivity contribution is 7.07. The number of rotatable bonds is 1. The second kappa shape index (κ2) is 5.16. The number of nitriles is 2. The standard InChI is InChI=1S/C14H7N3O3S/c15-5-9(6-16)14-17-13(18)12(21-14)4-8-1-2-10-11(3-8)20-7-19-10/h1-4H,7H2,(H,17,18)/b12-4-. The number of aromatic amines is 1. The van der Waals surface area contributed by atoms with Gasteiger partial charge in [-0.1, -0.05) is 6.07 Å². The van der Waals surface area contributed by atoms with Crippen molar-refractivity contribution in [3.05, 3.63) is 43.3 Å². The molecule has 7 heteroatoms. The third-order valence-corrected chi connectivity index (χ3v) is 3.84. The van der Waals surface area contributed by atoms with E-state index in [1.54, 1.807) is 36.4 Å². The van der Waals surface area contributed by atoms with Crippen LogP contribution in [0.2, 0.25) is 0 Å². The monoisotopic (exact) mass is 297 g/mol. The second-order valence-corrected chi connectivity index (χ2v) is 5.16. The second-order valence-electron chi connectivity index (χ2n) is 4.11. The van der Waals surface area contributed by atoms with E-state index in [0.717, 1.165) is 16.9 Å². The normalized spacial score (nSPS) is 12.8. The zero-order chi connectivity index (χ0) is 14.8. The Balaban J connectivity index is 2.14. The topological polar surface area (TPSA) is 98.9 Å². The van der Waals surface area contributed by atoms with Gasteiger partial charge in [-0.3, -0.25) is 4.79 Å². The van der Waals surface area contributed by atoms with Crippen molar-refractivity contribution in [1.29, 1.82) is 10.5 Å². The first-order valence-electron chi connectivity index (χ1n) is 5.86. The fourth-order valence-electron chi connectivity index (χ4n) is 1.84. The first-order chi connectivity index (χ1) is 10.2. The minimum absolute atomic E-state index is 0.109. The molecule has 0 saturated carbocycles. The van der Waals surface area contributed by atoms with E-state index >= 15 is 0 Å². The van der Waals surface area contributed by atoms with Crippen molar-refractivity contribution in [2.75, 3.05) is 6.79 Å². The van der Waals surface area contributed by atoms with Crippen LogP contribution in [0.5, 0.6) is 11.5 Å². The summed E-state index contributed by atoms with van der Waals surface area (Å²) in [4.78, 5) is 14.4. The molecule has 0 unspecified atom stereocenters. The Morgan fingerprint density at radius 2 is 2.05 bits per heavy atom. The minimum Gasteiger partial charge on any atom is -0.454 e. The van der Waals surface area contributed by atoms with Gasteiger partial charge in [0, 0.05) is 0 Å². The van der Waals surface area contributed by atoms with Crippen LogP contribution in [0, 0.1) is 22.7 Å². The van der Waals surface area contributed by atoms with E-state index < -0.39 is 0 Å². The fourth-order valence-corrected chi connectivity index (χ4v) is 2.73. The van der Waals surface area contributed by atoms with E-state index in [1.165, 1.54) is 0 Å². The van der Waals surface area contributed by atoms with Crippen LogP contribution in [0.25, 0.3) is 11.6 Å². The van der Waals surface area contributed by atoms with Gasteiger partial charge in [0.1, 0.15) is 16.8 Å². The highest BCUT2D eigenvalue weighted by Crippen LogP contribution is 2.32. The van der Waals surface area contributed by atoms with Crippen LogP contribution in [0.15, 0.2) is 23.0 Å². The van der Waals surface area contributed by atoms with E-state index in [0.29, 0.717) is 16.0 Å². The summed E-state index contributed by atoms with van der Waals surface area (Å²) in [7, 11) is 0. The van der Waals surface area contributed by atoms with Gasteiger partial charge in [0.2, 0.25) is 6.79 Å².